The van der Waals surface area contributed by atoms with Crippen LogP contribution >= 0.6 is 0 Å². The monoisotopic (exact) mass is 301 g/mol. The Kier molecular flexibility index (Phi) is 10.8. The summed E-state index contributed by atoms with van der Waals surface area (Å²) in [5.74, 6) is 0.678. The quantitative estimate of drug-likeness (QED) is 0.571. The first kappa shape index (κ1) is 22.5. The van der Waals surface area contributed by atoms with E-state index in [0.717, 1.165) is 19.5 Å². The molecule has 1 aliphatic heterocycles. The third kappa shape index (κ3) is 10.6. The summed E-state index contributed by atoms with van der Waals surface area (Å²) in [7, 11) is 0. The molecule has 0 bridgehead atoms. The molecule has 1 heterocycles. The van der Waals surface area contributed by atoms with Gasteiger partial charge in [0, 0.05) is 13.1 Å². The van der Waals surface area contributed by atoms with Crippen molar-refractivity contribution in [2.45, 2.75) is 87.7 Å². The fraction of sp³-hybridized carbons (Fsp3) is 0.944. The molecule has 128 valence electrons. The number of hydrogen-bond donors (Lipinski definition) is 0. The van der Waals surface area contributed by atoms with Gasteiger partial charge >= 0.3 is 6.09 Å². The normalized spacial score (nSPS) is 21.0. The largest absolute Gasteiger partial charge is 0.444 e. The van der Waals surface area contributed by atoms with Gasteiger partial charge in [-0.05, 0) is 44.9 Å². The minimum Gasteiger partial charge on any atom is -0.444 e. The van der Waals surface area contributed by atoms with Gasteiger partial charge in [0.15, 0.2) is 0 Å². The van der Waals surface area contributed by atoms with E-state index in [1.807, 2.05) is 53.4 Å². The Morgan fingerprint density at radius 2 is 1.62 bits per heavy atom. The molecule has 0 saturated carbocycles. The van der Waals surface area contributed by atoms with Crippen LogP contribution in [-0.2, 0) is 4.74 Å². The van der Waals surface area contributed by atoms with Crippen molar-refractivity contribution < 1.29 is 9.53 Å². The maximum absolute atomic E-state index is 12.1. The Balaban J connectivity index is 0. The molecule has 1 amide bonds. The van der Waals surface area contributed by atoms with E-state index in [9.17, 15) is 4.79 Å². The molecule has 0 aromatic rings. The van der Waals surface area contributed by atoms with Crippen molar-refractivity contribution in [3.8, 4) is 0 Å². The fourth-order valence-corrected chi connectivity index (χ4v) is 2.56. The molecule has 3 nitrogen and oxygen atoms in total. The molecule has 1 saturated heterocycles. The van der Waals surface area contributed by atoms with E-state index >= 15 is 0 Å². The average Bonchev–Trinajstić information content (AvgIpc) is 2.50. The van der Waals surface area contributed by atoms with Gasteiger partial charge in [-0.2, -0.15) is 0 Å². The Morgan fingerprint density at radius 1 is 1.14 bits per heavy atom. The molecule has 0 aromatic heterocycles. The third-order valence-corrected chi connectivity index (χ3v) is 3.06. The van der Waals surface area contributed by atoms with Crippen molar-refractivity contribution in [2.75, 3.05) is 13.1 Å². The Bertz CT molecular complexity index is 279. The summed E-state index contributed by atoms with van der Waals surface area (Å²) < 4.78 is 5.45. The summed E-state index contributed by atoms with van der Waals surface area (Å²) in [6.07, 6.45) is 2.08. The lowest BCUT2D eigenvalue weighted by Crippen LogP contribution is -2.41. The molecule has 0 aromatic carbocycles. The number of likely N-dealkylation sites (tertiary alicyclic amines) is 1. The molecule has 1 fully saturated rings. The molecule has 0 aliphatic carbocycles. The van der Waals surface area contributed by atoms with E-state index < -0.39 is 5.60 Å². The predicted molar refractivity (Wildman–Crippen MR) is 92.7 cm³/mol. The molecular weight excluding hydrogens is 262 g/mol. The van der Waals surface area contributed by atoms with Crippen LogP contribution in [0.25, 0.3) is 0 Å². The van der Waals surface area contributed by atoms with Gasteiger partial charge < -0.3 is 9.64 Å². The van der Waals surface area contributed by atoms with Gasteiger partial charge in [0.2, 0.25) is 0 Å². The van der Waals surface area contributed by atoms with E-state index in [-0.39, 0.29) is 11.5 Å². The summed E-state index contributed by atoms with van der Waals surface area (Å²) in [5, 5.41) is 0. The first-order valence-electron chi connectivity index (χ1n) is 8.57. The van der Waals surface area contributed by atoms with Gasteiger partial charge in [0.1, 0.15) is 5.60 Å². The standard InChI is InChI=1S/C14H27NO2.2C2H6/c1-11-7-8-15(10-14(5,6)9-11)12(16)17-13(2,3)4;2*1-2/h11H,7-10H2,1-6H3;2*1-2H3. The molecule has 1 atom stereocenters. The lowest BCUT2D eigenvalue weighted by atomic mass is 9.83. The number of hydrogen-bond acceptors (Lipinski definition) is 2. The molecule has 1 rings (SSSR count). The summed E-state index contributed by atoms with van der Waals surface area (Å²) in [6, 6.07) is 0. The van der Waals surface area contributed by atoms with Crippen LogP contribution in [0.4, 0.5) is 4.79 Å². The highest BCUT2D eigenvalue weighted by Gasteiger charge is 2.32. The van der Waals surface area contributed by atoms with Crippen LogP contribution in [0.2, 0.25) is 0 Å². The van der Waals surface area contributed by atoms with Crippen LogP contribution < -0.4 is 0 Å². The maximum atomic E-state index is 12.1. The molecule has 1 aliphatic rings. The van der Waals surface area contributed by atoms with Gasteiger partial charge in [-0.1, -0.05) is 48.5 Å². The summed E-state index contributed by atoms with van der Waals surface area (Å²) in [4.78, 5) is 13.9. The van der Waals surface area contributed by atoms with Gasteiger partial charge in [0.25, 0.3) is 0 Å². The van der Waals surface area contributed by atoms with Crippen molar-refractivity contribution in [3.63, 3.8) is 0 Å². The molecule has 0 N–H and O–H groups in total. The van der Waals surface area contributed by atoms with Gasteiger partial charge in [-0.15, -0.1) is 0 Å². The van der Waals surface area contributed by atoms with E-state index in [1.165, 1.54) is 6.42 Å². The SMILES string of the molecule is CC.CC.CC1CCN(C(=O)OC(C)(C)C)CC(C)(C)C1. The first-order chi connectivity index (χ1) is 9.59. The summed E-state index contributed by atoms with van der Waals surface area (Å²) in [6.45, 7) is 22.1. The van der Waals surface area contributed by atoms with Gasteiger partial charge in [0.05, 0.1) is 0 Å². The fourth-order valence-electron chi connectivity index (χ4n) is 2.56. The molecule has 3 heteroatoms. The number of carbonyl (C=O) groups excluding carboxylic acids is 1. The number of amides is 1. The Labute approximate surface area is 133 Å². The second-order valence-corrected chi connectivity index (χ2v) is 7.16. The number of nitrogens with zero attached hydrogens (tertiary/aromatic N) is 1. The lowest BCUT2D eigenvalue weighted by molar-refractivity contribution is 0.0200. The molecule has 1 unspecified atom stereocenters. The average molecular weight is 302 g/mol. The van der Waals surface area contributed by atoms with E-state index in [4.69, 9.17) is 4.74 Å². The zero-order chi connectivity index (χ0) is 17.3. The van der Waals surface area contributed by atoms with E-state index in [1.54, 1.807) is 0 Å². The smallest absolute Gasteiger partial charge is 0.410 e. The first-order valence-corrected chi connectivity index (χ1v) is 8.57. The number of ether oxygens (including phenoxy) is 1. The van der Waals surface area contributed by atoms with Crippen LogP contribution in [0, 0.1) is 11.3 Å². The number of rotatable bonds is 0. The Morgan fingerprint density at radius 3 is 2.05 bits per heavy atom. The van der Waals surface area contributed by atoms with Crippen LogP contribution in [0.15, 0.2) is 0 Å². The van der Waals surface area contributed by atoms with Gasteiger partial charge in [-0.3, -0.25) is 0 Å². The minimum absolute atomic E-state index is 0.167. The highest BCUT2D eigenvalue weighted by Crippen LogP contribution is 2.32. The van der Waals surface area contributed by atoms with Crippen LogP contribution in [0.3, 0.4) is 0 Å². The summed E-state index contributed by atoms with van der Waals surface area (Å²) >= 11 is 0. The molecule has 0 radical (unpaired) electrons. The second kappa shape index (κ2) is 10.1. The molecular formula is C18H39NO2. The molecule has 0 spiro atoms. The number of carbonyl (C=O) groups is 1. The van der Waals surface area contributed by atoms with Crippen molar-refractivity contribution in [3.05, 3.63) is 0 Å². The predicted octanol–water partition coefficient (Wildman–Crippen LogP) is 5.73. The van der Waals surface area contributed by atoms with Crippen molar-refractivity contribution in [1.82, 2.24) is 4.90 Å². The highest BCUT2D eigenvalue weighted by molar-refractivity contribution is 5.68. The topological polar surface area (TPSA) is 29.5 Å². The van der Waals surface area contributed by atoms with Crippen molar-refractivity contribution in [1.29, 1.82) is 0 Å². The minimum atomic E-state index is -0.404. The van der Waals surface area contributed by atoms with Crippen LogP contribution in [-0.4, -0.2) is 29.7 Å². The molecule has 21 heavy (non-hydrogen) atoms. The van der Waals surface area contributed by atoms with Crippen LogP contribution in [0.5, 0.6) is 0 Å². The van der Waals surface area contributed by atoms with Gasteiger partial charge in [-0.25, -0.2) is 4.79 Å². The summed E-state index contributed by atoms with van der Waals surface area (Å²) in [5.41, 5.74) is -0.216. The van der Waals surface area contributed by atoms with E-state index in [2.05, 4.69) is 20.8 Å². The highest BCUT2D eigenvalue weighted by atomic mass is 16.6. The zero-order valence-electron chi connectivity index (χ0n) is 16.2. The second-order valence-electron chi connectivity index (χ2n) is 7.16. The Hall–Kier alpha value is -0.730. The van der Waals surface area contributed by atoms with E-state index in [0.29, 0.717) is 5.92 Å². The van der Waals surface area contributed by atoms with Crippen molar-refractivity contribution >= 4 is 6.09 Å². The van der Waals surface area contributed by atoms with Crippen LogP contribution in [0.1, 0.15) is 82.1 Å². The van der Waals surface area contributed by atoms with Crippen molar-refractivity contribution in [2.24, 2.45) is 11.3 Å². The lowest BCUT2D eigenvalue weighted by Gasteiger charge is -2.31. The third-order valence-electron chi connectivity index (χ3n) is 3.06. The maximum Gasteiger partial charge on any atom is 0.410 e. The zero-order valence-corrected chi connectivity index (χ0v) is 16.2.